The van der Waals surface area contributed by atoms with Gasteiger partial charge in [0, 0.05) is 6.61 Å². The Morgan fingerprint density at radius 3 is 2.12 bits per heavy atom. The SMILES string of the molecule is CCCCC(CC)CCCOCCOCCO. The maximum atomic E-state index is 8.50. The van der Waals surface area contributed by atoms with Crippen molar-refractivity contribution in [1.82, 2.24) is 0 Å². The monoisotopic (exact) mass is 246 g/mol. The second-order valence-electron chi connectivity index (χ2n) is 4.51. The average Bonchev–Trinajstić information content (AvgIpc) is 2.36. The molecule has 1 unspecified atom stereocenters. The zero-order chi connectivity index (χ0) is 12.8. The molecule has 0 aromatic carbocycles. The maximum Gasteiger partial charge on any atom is 0.0701 e. The van der Waals surface area contributed by atoms with Gasteiger partial charge in [-0.2, -0.15) is 0 Å². The van der Waals surface area contributed by atoms with Crippen LogP contribution in [-0.2, 0) is 9.47 Å². The smallest absolute Gasteiger partial charge is 0.0701 e. The van der Waals surface area contributed by atoms with E-state index in [-0.39, 0.29) is 6.61 Å². The lowest BCUT2D eigenvalue weighted by Gasteiger charge is -2.14. The maximum absolute atomic E-state index is 8.50. The van der Waals surface area contributed by atoms with E-state index in [0.717, 1.165) is 18.9 Å². The summed E-state index contributed by atoms with van der Waals surface area (Å²) in [6, 6.07) is 0. The van der Waals surface area contributed by atoms with Crippen LogP contribution in [0.15, 0.2) is 0 Å². The van der Waals surface area contributed by atoms with Gasteiger partial charge in [-0.3, -0.25) is 0 Å². The van der Waals surface area contributed by atoms with E-state index in [0.29, 0.717) is 19.8 Å². The summed E-state index contributed by atoms with van der Waals surface area (Å²) in [5.74, 6) is 0.879. The van der Waals surface area contributed by atoms with E-state index < -0.39 is 0 Å². The topological polar surface area (TPSA) is 38.7 Å². The lowest BCUT2D eigenvalue weighted by atomic mass is 9.94. The van der Waals surface area contributed by atoms with Crippen molar-refractivity contribution < 1.29 is 14.6 Å². The van der Waals surface area contributed by atoms with Crippen molar-refractivity contribution in [2.75, 3.05) is 33.0 Å². The lowest BCUT2D eigenvalue weighted by Crippen LogP contribution is -2.08. The van der Waals surface area contributed by atoms with Gasteiger partial charge >= 0.3 is 0 Å². The minimum Gasteiger partial charge on any atom is -0.394 e. The third kappa shape index (κ3) is 12.1. The van der Waals surface area contributed by atoms with Gasteiger partial charge in [-0.15, -0.1) is 0 Å². The Hall–Kier alpha value is -0.120. The molecule has 0 aliphatic heterocycles. The van der Waals surface area contributed by atoms with Crippen LogP contribution in [0, 0.1) is 5.92 Å². The normalized spacial score (nSPS) is 12.9. The van der Waals surface area contributed by atoms with Gasteiger partial charge < -0.3 is 14.6 Å². The Bertz CT molecular complexity index is 139. The third-order valence-corrected chi connectivity index (χ3v) is 3.05. The van der Waals surface area contributed by atoms with Crippen molar-refractivity contribution in [3.8, 4) is 0 Å². The Labute approximate surface area is 107 Å². The zero-order valence-corrected chi connectivity index (χ0v) is 11.6. The van der Waals surface area contributed by atoms with Crippen LogP contribution < -0.4 is 0 Å². The molecule has 0 aliphatic rings. The number of unbranched alkanes of at least 4 members (excludes halogenated alkanes) is 1. The van der Waals surface area contributed by atoms with Crippen LogP contribution in [0.2, 0.25) is 0 Å². The van der Waals surface area contributed by atoms with E-state index in [1.54, 1.807) is 0 Å². The summed E-state index contributed by atoms with van der Waals surface area (Å²) in [6.07, 6.45) is 7.76. The molecule has 0 aliphatic carbocycles. The van der Waals surface area contributed by atoms with Crippen LogP contribution >= 0.6 is 0 Å². The number of ether oxygens (including phenoxy) is 2. The van der Waals surface area contributed by atoms with Crippen LogP contribution in [0.25, 0.3) is 0 Å². The second kappa shape index (κ2) is 13.9. The highest BCUT2D eigenvalue weighted by Gasteiger charge is 2.04. The van der Waals surface area contributed by atoms with E-state index in [1.807, 2.05) is 0 Å². The van der Waals surface area contributed by atoms with Crippen LogP contribution in [0.5, 0.6) is 0 Å². The van der Waals surface area contributed by atoms with Crippen LogP contribution in [0.1, 0.15) is 52.4 Å². The van der Waals surface area contributed by atoms with Crippen molar-refractivity contribution in [2.24, 2.45) is 5.92 Å². The van der Waals surface area contributed by atoms with E-state index in [2.05, 4.69) is 13.8 Å². The Morgan fingerprint density at radius 2 is 1.53 bits per heavy atom. The first-order valence-corrected chi connectivity index (χ1v) is 7.11. The predicted molar refractivity (Wildman–Crippen MR) is 71.3 cm³/mol. The molecular weight excluding hydrogens is 216 g/mol. The first-order valence-electron chi connectivity index (χ1n) is 7.11. The Balaban J connectivity index is 3.19. The molecule has 0 heterocycles. The van der Waals surface area contributed by atoms with Gasteiger partial charge in [0.25, 0.3) is 0 Å². The lowest BCUT2D eigenvalue weighted by molar-refractivity contribution is 0.0313. The molecule has 0 spiro atoms. The standard InChI is InChI=1S/C14H30O3/c1-3-5-7-14(4-2)8-6-10-16-12-13-17-11-9-15/h14-15H,3-13H2,1-2H3. The van der Waals surface area contributed by atoms with Gasteiger partial charge in [0.2, 0.25) is 0 Å². The predicted octanol–water partition coefficient (Wildman–Crippen LogP) is 3.01. The van der Waals surface area contributed by atoms with E-state index in [9.17, 15) is 0 Å². The summed E-state index contributed by atoms with van der Waals surface area (Å²) >= 11 is 0. The molecule has 0 fully saturated rings. The first kappa shape index (κ1) is 16.9. The minimum absolute atomic E-state index is 0.0929. The average molecular weight is 246 g/mol. The summed E-state index contributed by atoms with van der Waals surface area (Å²) in [5, 5.41) is 8.50. The quantitative estimate of drug-likeness (QED) is 0.508. The van der Waals surface area contributed by atoms with Crippen LogP contribution in [0.3, 0.4) is 0 Å². The molecule has 0 amide bonds. The van der Waals surface area contributed by atoms with Crippen LogP contribution in [-0.4, -0.2) is 38.1 Å². The fourth-order valence-corrected chi connectivity index (χ4v) is 1.91. The zero-order valence-electron chi connectivity index (χ0n) is 11.6. The van der Waals surface area contributed by atoms with Gasteiger partial charge in [0.05, 0.1) is 26.4 Å². The van der Waals surface area contributed by atoms with Gasteiger partial charge in [-0.05, 0) is 18.8 Å². The first-order chi connectivity index (χ1) is 8.35. The molecular formula is C14H30O3. The summed E-state index contributed by atoms with van der Waals surface area (Å²) in [4.78, 5) is 0. The molecule has 104 valence electrons. The van der Waals surface area contributed by atoms with Gasteiger partial charge in [-0.1, -0.05) is 39.5 Å². The van der Waals surface area contributed by atoms with Gasteiger partial charge in [0.15, 0.2) is 0 Å². The largest absolute Gasteiger partial charge is 0.394 e. The second-order valence-corrected chi connectivity index (χ2v) is 4.51. The number of aliphatic hydroxyl groups excluding tert-OH is 1. The molecule has 0 aromatic heterocycles. The van der Waals surface area contributed by atoms with Gasteiger partial charge in [0.1, 0.15) is 0 Å². The fourth-order valence-electron chi connectivity index (χ4n) is 1.91. The fraction of sp³-hybridized carbons (Fsp3) is 1.00. The number of hydrogen-bond donors (Lipinski definition) is 1. The molecule has 0 aromatic rings. The molecule has 0 saturated carbocycles. The van der Waals surface area contributed by atoms with Crippen molar-refractivity contribution >= 4 is 0 Å². The molecule has 0 bridgehead atoms. The molecule has 3 nitrogen and oxygen atoms in total. The molecule has 0 rings (SSSR count). The number of hydrogen-bond acceptors (Lipinski definition) is 3. The molecule has 3 heteroatoms. The molecule has 0 radical (unpaired) electrons. The molecule has 1 N–H and O–H groups in total. The van der Waals surface area contributed by atoms with E-state index in [4.69, 9.17) is 14.6 Å². The third-order valence-electron chi connectivity index (χ3n) is 3.05. The van der Waals surface area contributed by atoms with Crippen LogP contribution in [0.4, 0.5) is 0 Å². The summed E-state index contributed by atoms with van der Waals surface area (Å²) < 4.78 is 10.6. The van der Waals surface area contributed by atoms with Crippen molar-refractivity contribution in [3.63, 3.8) is 0 Å². The highest BCUT2D eigenvalue weighted by atomic mass is 16.5. The summed E-state index contributed by atoms with van der Waals surface area (Å²) in [6.45, 7) is 7.12. The highest BCUT2D eigenvalue weighted by Crippen LogP contribution is 2.18. The van der Waals surface area contributed by atoms with Crippen molar-refractivity contribution in [3.05, 3.63) is 0 Å². The molecule has 17 heavy (non-hydrogen) atoms. The molecule has 1 atom stereocenters. The number of rotatable bonds is 13. The Kier molecular flexibility index (Phi) is 13.8. The highest BCUT2D eigenvalue weighted by molar-refractivity contribution is 4.57. The van der Waals surface area contributed by atoms with Crippen molar-refractivity contribution in [2.45, 2.75) is 52.4 Å². The molecule has 0 saturated heterocycles. The van der Waals surface area contributed by atoms with Gasteiger partial charge in [-0.25, -0.2) is 0 Å². The summed E-state index contributed by atoms with van der Waals surface area (Å²) in [5.41, 5.74) is 0. The van der Waals surface area contributed by atoms with E-state index in [1.165, 1.54) is 32.1 Å². The summed E-state index contributed by atoms with van der Waals surface area (Å²) in [7, 11) is 0. The Morgan fingerprint density at radius 1 is 0.882 bits per heavy atom. The number of aliphatic hydroxyl groups is 1. The van der Waals surface area contributed by atoms with E-state index >= 15 is 0 Å². The van der Waals surface area contributed by atoms with Crippen molar-refractivity contribution in [1.29, 1.82) is 0 Å². The minimum atomic E-state index is 0.0929.